The summed E-state index contributed by atoms with van der Waals surface area (Å²) in [5.41, 5.74) is 4.22. The monoisotopic (exact) mass is 305 g/mol. The summed E-state index contributed by atoms with van der Waals surface area (Å²) in [4.78, 5) is 9.35. The van der Waals surface area contributed by atoms with Gasteiger partial charge in [-0.1, -0.05) is 54.2 Å². The molecule has 0 amide bonds. The van der Waals surface area contributed by atoms with Crippen LogP contribution in [0.3, 0.4) is 0 Å². The molecule has 0 saturated heterocycles. The fourth-order valence-corrected chi connectivity index (χ4v) is 3.50. The van der Waals surface area contributed by atoms with E-state index >= 15 is 0 Å². The highest BCUT2D eigenvalue weighted by molar-refractivity contribution is 7.98. The van der Waals surface area contributed by atoms with E-state index in [9.17, 15) is 0 Å². The smallest absolute Gasteiger partial charge is 0.168 e. The highest BCUT2D eigenvalue weighted by atomic mass is 32.2. The van der Waals surface area contributed by atoms with Crippen molar-refractivity contribution in [3.8, 4) is 11.3 Å². The van der Waals surface area contributed by atoms with Crippen molar-refractivity contribution in [1.29, 1.82) is 0 Å². The Morgan fingerprint density at radius 3 is 2.68 bits per heavy atom. The van der Waals surface area contributed by atoms with Crippen LogP contribution in [-0.4, -0.2) is 20.8 Å². The van der Waals surface area contributed by atoms with E-state index < -0.39 is 0 Å². The molecule has 0 spiro atoms. The number of nitrogens with zero attached hydrogens (tertiary/aromatic N) is 3. The molecule has 4 heteroatoms. The van der Waals surface area contributed by atoms with Crippen LogP contribution in [0.1, 0.15) is 0 Å². The van der Waals surface area contributed by atoms with Gasteiger partial charge in [0.25, 0.3) is 0 Å². The number of pyridine rings is 1. The summed E-state index contributed by atoms with van der Waals surface area (Å²) in [6.07, 6.45) is 3.89. The van der Waals surface area contributed by atoms with Gasteiger partial charge >= 0.3 is 0 Å². The SMILES string of the molecule is CSc1nc2ccnc(-c3cccc4ccccc34)c2n1C. The van der Waals surface area contributed by atoms with Gasteiger partial charge in [-0.05, 0) is 23.1 Å². The topological polar surface area (TPSA) is 30.7 Å². The predicted octanol–water partition coefficient (Wildman–Crippen LogP) is 4.51. The maximum absolute atomic E-state index is 4.68. The third kappa shape index (κ3) is 1.91. The van der Waals surface area contributed by atoms with E-state index in [1.807, 2.05) is 18.5 Å². The molecular formula is C18H15N3S. The van der Waals surface area contributed by atoms with Gasteiger partial charge in [0.2, 0.25) is 0 Å². The first kappa shape index (κ1) is 13.3. The first-order chi connectivity index (χ1) is 10.8. The fourth-order valence-electron chi connectivity index (χ4n) is 2.95. The predicted molar refractivity (Wildman–Crippen MR) is 93.2 cm³/mol. The summed E-state index contributed by atoms with van der Waals surface area (Å²) in [5, 5.41) is 3.45. The van der Waals surface area contributed by atoms with Crippen molar-refractivity contribution in [2.45, 2.75) is 5.16 Å². The number of thioether (sulfide) groups is 1. The van der Waals surface area contributed by atoms with Gasteiger partial charge in [0.05, 0.1) is 16.7 Å². The van der Waals surface area contributed by atoms with Gasteiger partial charge in [-0.2, -0.15) is 0 Å². The molecule has 108 valence electrons. The van der Waals surface area contributed by atoms with Crippen molar-refractivity contribution in [3.63, 3.8) is 0 Å². The highest BCUT2D eigenvalue weighted by Crippen LogP contribution is 2.33. The van der Waals surface area contributed by atoms with E-state index in [1.54, 1.807) is 11.8 Å². The molecule has 4 aromatic rings. The van der Waals surface area contributed by atoms with Crippen LogP contribution >= 0.6 is 11.8 Å². The number of hydrogen-bond acceptors (Lipinski definition) is 3. The summed E-state index contributed by atoms with van der Waals surface area (Å²) in [5.74, 6) is 0. The number of benzene rings is 2. The van der Waals surface area contributed by atoms with Crippen molar-refractivity contribution in [2.24, 2.45) is 7.05 Å². The van der Waals surface area contributed by atoms with Gasteiger partial charge in [0.15, 0.2) is 5.16 Å². The number of fused-ring (bicyclic) bond motifs is 2. The minimum Gasteiger partial charge on any atom is -0.320 e. The Balaban J connectivity index is 2.11. The lowest BCUT2D eigenvalue weighted by Gasteiger charge is -2.08. The minimum absolute atomic E-state index is 0.990. The van der Waals surface area contributed by atoms with Crippen LogP contribution in [0.5, 0.6) is 0 Å². The standard InChI is InChI=1S/C18H15N3S/c1-21-17-15(20-18(21)22-2)10-11-19-16(17)14-9-5-7-12-6-3-4-8-13(12)14/h3-11H,1-2H3. The van der Waals surface area contributed by atoms with E-state index in [0.29, 0.717) is 0 Å². The second-order valence-electron chi connectivity index (χ2n) is 5.21. The normalized spacial score (nSPS) is 11.4. The fraction of sp³-hybridized carbons (Fsp3) is 0.111. The second-order valence-corrected chi connectivity index (χ2v) is 5.98. The van der Waals surface area contributed by atoms with E-state index in [0.717, 1.165) is 27.4 Å². The molecule has 0 aliphatic heterocycles. The van der Waals surface area contributed by atoms with Gasteiger partial charge in [-0.3, -0.25) is 4.98 Å². The Hall–Kier alpha value is -2.33. The van der Waals surface area contributed by atoms with Crippen LogP contribution in [0.2, 0.25) is 0 Å². The summed E-state index contributed by atoms with van der Waals surface area (Å²) in [6.45, 7) is 0. The van der Waals surface area contributed by atoms with E-state index in [4.69, 9.17) is 0 Å². The molecule has 2 aromatic carbocycles. The van der Waals surface area contributed by atoms with Crippen LogP contribution in [0.15, 0.2) is 59.9 Å². The van der Waals surface area contributed by atoms with Crippen LogP contribution in [0, 0.1) is 0 Å². The molecule has 0 aliphatic carbocycles. The third-order valence-electron chi connectivity index (χ3n) is 3.97. The number of rotatable bonds is 2. The van der Waals surface area contributed by atoms with E-state index in [-0.39, 0.29) is 0 Å². The molecule has 0 unspecified atom stereocenters. The van der Waals surface area contributed by atoms with Crippen LogP contribution < -0.4 is 0 Å². The molecule has 0 fully saturated rings. The zero-order valence-electron chi connectivity index (χ0n) is 12.4. The Morgan fingerprint density at radius 1 is 1.00 bits per heavy atom. The number of imidazole rings is 1. The lowest BCUT2D eigenvalue weighted by molar-refractivity contribution is 0.816. The summed E-state index contributed by atoms with van der Waals surface area (Å²) in [6, 6.07) is 16.8. The van der Waals surface area contributed by atoms with Crippen LogP contribution in [0.4, 0.5) is 0 Å². The van der Waals surface area contributed by atoms with Gasteiger partial charge in [-0.15, -0.1) is 0 Å². The molecule has 2 aromatic heterocycles. The molecule has 2 heterocycles. The van der Waals surface area contributed by atoms with Crippen molar-refractivity contribution in [3.05, 3.63) is 54.7 Å². The molecule has 0 bridgehead atoms. The zero-order valence-corrected chi connectivity index (χ0v) is 13.3. The average Bonchev–Trinajstić information content (AvgIpc) is 2.91. The molecule has 0 atom stereocenters. The van der Waals surface area contributed by atoms with Gasteiger partial charge in [0.1, 0.15) is 0 Å². The Labute approximate surface area is 133 Å². The Kier molecular flexibility index (Phi) is 3.12. The van der Waals surface area contributed by atoms with Gasteiger partial charge in [0, 0.05) is 18.8 Å². The second kappa shape index (κ2) is 5.14. The molecule has 22 heavy (non-hydrogen) atoms. The molecule has 0 radical (unpaired) electrons. The molecule has 0 N–H and O–H groups in total. The molecule has 0 saturated carbocycles. The Morgan fingerprint density at radius 2 is 1.82 bits per heavy atom. The number of aryl methyl sites for hydroxylation is 1. The van der Waals surface area contributed by atoms with Crippen molar-refractivity contribution in [1.82, 2.24) is 14.5 Å². The van der Waals surface area contributed by atoms with E-state index in [1.165, 1.54) is 10.8 Å². The lowest BCUT2D eigenvalue weighted by Crippen LogP contribution is -1.94. The third-order valence-corrected chi connectivity index (χ3v) is 4.70. The quantitative estimate of drug-likeness (QED) is 0.510. The molecular weight excluding hydrogens is 290 g/mol. The summed E-state index contributed by atoms with van der Waals surface area (Å²) in [7, 11) is 2.05. The summed E-state index contributed by atoms with van der Waals surface area (Å²) < 4.78 is 2.13. The maximum atomic E-state index is 4.68. The number of hydrogen-bond donors (Lipinski definition) is 0. The minimum atomic E-state index is 0.990. The van der Waals surface area contributed by atoms with Gasteiger partial charge < -0.3 is 4.57 Å². The first-order valence-electron chi connectivity index (χ1n) is 7.13. The van der Waals surface area contributed by atoms with Crippen molar-refractivity contribution in [2.75, 3.05) is 6.26 Å². The summed E-state index contributed by atoms with van der Waals surface area (Å²) >= 11 is 1.65. The van der Waals surface area contributed by atoms with Crippen LogP contribution in [-0.2, 0) is 7.05 Å². The average molecular weight is 305 g/mol. The lowest BCUT2D eigenvalue weighted by atomic mass is 10.0. The number of aromatic nitrogens is 3. The van der Waals surface area contributed by atoms with Crippen molar-refractivity contribution < 1.29 is 0 Å². The van der Waals surface area contributed by atoms with Gasteiger partial charge in [-0.25, -0.2) is 4.98 Å². The van der Waals surface area contributed by atoms with E-state index in [2.05, 4.69) is 64.0 Å². The molecule has 4 rings (SSSR count). The van der Waals surface area contributed by atoms with Crippen LogP contribution in [0.25, 0.3) is 33.1 Å². The van der Waals surface area contributed by atoms with Crippen molar-refractivity contribution >= 4 is 33.6 Å². The zero-order chi connectivity index (χ0) is 15.1. The first-order valence-corrected chi connectivity index (χ1v) is 8.35. The molecule has 3 nitrogen and oxygen atoms in total. The largest absolute Gasteiger partial charge is 0.320 e. The molecule has 0 aliphatic rings. The maximum Gasteiger partial charge on any atom is 0.168 e. The highest BCUT2D eigenvalue weighted by Gasteiger charge is 2.14. The Bertz CT molecular complexity index is 983.